The lowest BCUT2D eigenvalue weighted by atomic mass is 9.92. The van der Waals surface area contributed by atoms with Gasteiger partial charge in [0.2, 0.25) is 0 Å². The van der Waals surface area contributed by atoms with Gasteiger partial charge in [0.25, 0.3) is 0 Å². The number of aryl methyl sites for hydroxylation is 1. The van der Waals surface area contributed by atoms with E-state index in [1.54, 1.807) is 0 Å². The maximum Gasteiger partial charge on any atom is 0.0499 e. The molecule has 75 valence electrons. The van der Waals surface area contributed by atoms with Crippen LogP contribution in [0.3, 0.4) is 0 Å². The van der Waals surface area contributed by atoms with Gasteiger partial charge < -0.3 is 5.11 Å². The molecule has 1 nitrogen and oxygen atoms in total. The van der Waals surface area contributed by atoms with E-state index in [2.05, 4.69) is 32.0 Å². The molecular formula is C13H17O. The van der Waals surface area contributed by atoms with Crippen molar-refractivity contribution in [2.45, 2.75) is 31.6 Å². The summed E-state index contributed by atoms with van der Waals surface area (Å²) < 4.78 is 0. The van der Waals surface area contributed by atoms with Crippen molar-refractivity contribution in [3.8, 4) is 0 Å². The fourth-order valence-electron chi connectivity index (χ4n) is 1.91. The van der Waals surface area contributed by atoms with Gasteiger partial charge in [-0.2, -0.15) is 0 Å². The van der Waals surface area contributed by atoms with E-state index in [0.29, 0.717) is 0 Å². The molecule has 0 aromatic heterocycles. The first-order valence-corrected chi connectivity index (χ1v) is 5.26. The second kappa shape index (κ2) is 3.74. The van der Waals surface area contributed by atoms with Crippen molar-refractivity contribution in [3.63, 3.8) is 0 Å². The third-order valence-electron chi connectivity index (χ3n) is 2.92. The van der Waals surface area contributed by atoms with Crippen LogP contribution in [0.1, 0.15) is 41.4 Å². The molecule has 0 spiro atoms. The van der Waals surface area contributed by atoms with E-state index in [1.807, 2.05) is 0 Å². The van der Waals surface area contributed by atoms with E-state index >= 15 is 0 Å². The van der Waals surface area contributed by atoms with E-state index in [9.17, 15) is 0 Å². The average molecular weight is 189 g/mol. The van der Waals surface area contributed by atoms with Gasteiger partial charge in [-0.25, -0.2) is 0 Å². The number of rotatable bonds is 3. The number of aliphatic hydroxyl groups is 1. The fraction of sp³-hybridized carbons (Fsp3) is 0.462. The maximum absolute atomic E-state index is 9.14. The summed E-state index contributed by atoms with van der Waals surface area (Å²) >= 11 is 0. The molecule has 1 atom stereocenters. The molecule has 2 rings (SSSR count). The molecule has 0 aliphatic heterocycles. The van der Waals surface area contributed by atoms with Gasteiger partial charge in [-0.15, -0.1) is 0 Å². The predicted octanol–water partition coefficient (Wildman–Crippen LogP) is 2.78. The van der Waals surface area contributed by atoms with Gasteiger partial charge in [-0.3, -0.25) is 0 Å². The minimum Gasteiger partial charge on any atom is -0.396 e. The minimum atomic E-state index is 0.0329. The molecule has 14 heavy (non-hydrogen) atoms. The molecule has 1 aromatic rings. The Morgan fingerprint density at radius 3 is 2.79 bits per heavy atom. The zero-order valence-electron chi connectivity index (χ0n) is 8.66. The van der Waals surface area contributed by atoms with Crippen molar-refractivity contribution in [3.05, 3.63) is 41.8 Å². The van der Waals surface area contributed by atoms with E-state index in [0.717, 1.165) is 5.92 Å². The van der Waals surface area contributed by atoms with Gasteiger partial charge in [0.15, 0.2) is 0 Å². The van der Waals surface area contributed by atoms with Crippen molar-refractivity contribution < 1.29 is 5.11 Å². The predicted molar refractivity (Wildman–Crippen MR) is 58.3 cm³/mol. The molecule has 1 heteroatoms. The van der Waals surface area contributed by atoms with Gasteiger partial charge in [0.05, 0.1) is 0 Å². The SMILES string of the molecule is [CH2]C(CO)c1cc(C)ccc1C1CC1. The van der Waals surface area contributed by atoms with E-state index in [1.165, 1.54) is 29.5 Å². The van der Waals surface area contributed by atoms with Crippen LogP contribution in [-0.4, -0.2) is 11.7 Å². The molecule has 0 bridgehead atoms. The first-order valence-electron chi connectivity index (χ1n) is 5.26. The number of aliphatic hydroxyl groups excluding tert-OH is 1. The van der Waals surface area contributed by atoms with E-state index in [-0.39, 0.29) is 12.5 Å². The summed E-state index contributed by atoms with van der Waals surface area (Å²) in [6, 6.07) is 6.53. The van der Waals surface area contributed by atoms with Crippen molar-refractivity contribution in [1.29, 1.82) is 0 Å². The van der Waals surface area contributed by atoms with Crippen LogP contribution in [0.5, 0.6) is 0 Å². The Kier molecular flexibility index (Phi) is 2.60. The monoisotopic (exact) mass is 189 g/mol. The Balaban J connectivity index is 2.37. The van der Waals surface area contributed by atoms with Gasteiger partial charge in [-0.1, -0.05) is 23.8 Å². The lowest BCUT2D eigenvalue weighted by molar-refractivity contribution is 0.282. The summed E-state index contributed by atoms with van der Waals surface area (Å²) in [4.78, 5) is 0. The Morgan fingerprint density at radius 2 is 2.21 bits per heavy atom. The van der Waals surface area contributed by atoms with Crippen molar-refractivity contribution >= 4 is 0 Å². The fourth-order valence-corrected chi connectivity index (χ4v) is 1.91. The Labute approximate surface area is 85.8 Å². The average Bonchev–Trinajstić information content (AvgIpc) is 3.00. The standard InChI is InChI=1S/C13H17O/c1-9-3-6-12(11-4-5-11)13(7-9)10(2)8-14/h3,6-7,10-11,14H,2,4-5,8H2,1H3. The lowest BCUT2D eigenvalue weighted by Crippen LogP contribution is -2.03. The van der Waals surface area contributed by atoms with Crippen molar-refractivity contribution in [2.24, 2.45) is 0 Å². The molecular weight excluding hydrogens is 172 g/mol. The summed E-state index contributed by atoms with van der Waals surface area (Å²) in [6.07, 6.45) is 2.60. The molecule has 0 heterocycles. The van der Waals surface area contributed by atoms with Gasteiger partial charge in [0, 0.05) is 12.5 Å². The highest BCUT2D eigenvalue weighted by molar-refractivity contribution is 5.39. The zero-order valence-corrected chi connectivity index (χ0v) is 8.66. The summed E-state index contributed by atoms with van der Waals surface area (Å²) in [5, 5.41) is 9.14. The molecule has 1 unspecified atom stereocenters. The van der Waals surface area contributed by atoms with Crippen LogP contribution in [0.15, 0.2) is 18.2 Å². The van der Waals surface area contributed by atoms with Crippen LogP contribution in [0.2, 0.25) is 0 Å². The molecule has 1 radical (unpaired) electrons. The van der Waals surface area contributed by atoms with Crippen molar-refractivity contribution in [2.75, 3.05) is 6.61 Å². The quantitative estimate of drug-likeness (QED) is 0.775. The topological polar surface area (TPSA) is 20.2 Å². The highest BCUT2D eigenvalue weighted by atomic mass is 16.3. The first kappa shape index (κ1) is 9.72. The Bertz CT molecular complexity index is 326. The van der Waals surface area contributed by atoms with Crippen LogP contribution < -0.4 is 0 Å². The van der Waals surface area contributed by atoms with Gasteiger partial charge >= 0.3 is 0 Å². The summed E-state index contributed by atoms with van der Waals surface area (Å²) in [6.45, 7) is 6.22. The molecule has 1 N–H and O–H groups in total. The second-order valence-corrected chi connectivity index (χ2v) is 4.29. The number of benzene rings is 1. The van der Waals surface area contributed by atoms with Crippen LogP contribution in [0.25, 0.3) is 0 Å². The molecule has 1 aromatic carbocycles. The van der Waals surface area contributed by atoms with Crippen LogP contribution in [0, 0.1) is 13.8 Å². The van der Waals surface area contributed by atoms with Gasteiger partial charge in [0.1, 0.15) is 0 Å². The van der Waals surface area contributed by atoms with E-state index < -0.39 is 0 Å². The molecule has 1 aliphatic rings. The minimum absolute atomic E-state index is 0.0329. The highest BCUT2D eigenvalue weighted by Gasteiger charge is 2.27. The third kappa shape index (κ3) is 1.83. The number of hydrogen-bond donors (Lipinski definition) is 1. The lowest BCUT2D eigenvalue weighted by Gasteiger charge is -2.14. The third-order valence-corrected chi connectivity index (χ3v) is 2.92. The summed E-state index contributed by atoms with van der Waals surface area (Å²) in [7, 11) is 0. The maximum atomic E-state index is 9.14. The first-order chi connectivity index (χ1) is 6.72. The summed E-state index contributed by atoms with van der Waals surface area (Å²) in [5.74, 6) is 0.770. The molecule has 1 fully saturated rings. The molecule has 0 saturated heterocycles. The molecule has 1 saturated carbocycles. The highest BCUT2D eigenvalue weighted by Crippen LogP contribution is 2.43. The number of hydrogen-bond acceptors (Lipinski definition) is 1. The van der Waals surface area contributed by atoms with Crippen molar-refractivity contribution in [1.82, 2.24) is 0 Å². The van der Waals surface area contributed by atoms with Crippen LogP contribution in [-0.2, 0) is 0 Å². The normalized spacial score (nSPS) is 18.2. The Morgan fingerprint density at radius 1 is 1.50 bits per heavy atom. The second-order valence-electron chi connectivity index (χ2n) is 4.29. The van der Waals surface area contributed by atoms with Gasteiger partial charge in [-0.05, 0) is 43.7 Å². The van der Waals surface area contributed by atoms with Crippen LogP contribution in [0.4, 0.5) is 0 Å². The summed E-state index contributed by atoms with van der Waals surface area (Å²) in [5.41, 5.74) is 3.91. The smallest absolute Gasteiger partial charge is 0.0499 e. The van der Waals surface area contributed by atoms with Crippen LogP contribution >= 0.6 is 0 Å². The largest absolute Gasteiger partial charge is 0.396 e. The molecule has 1 aliphatic carbocycles. The van der Waals surface area contributed by atoms with E-state index in [4.69, 9.17) is 5.11 Å². The molecule has 0 amide bonds. The zero-order chi connectivity index (χ0) is 10.1. The Hall–Kier alpha value is -0.820.